The number of ether oxygens (including phenoxy) is 1. The highest BCUT2D eigenvalue weighted by Crippen LogP contribution is 2.36. The molecule has 108 valence electrons. The maximum atomic E-state index is 11.6. The highest BCUT2D eigenvalue weighted by Gasteiger charge is 2.35. The molecule has 1 aromatic rings. The summed E-state index contributed by atoms with van der Waals surface area (Å²) in [5.41, 5.74) is -0.200. The Labute approximate surface area is 120 Å². The monoisotopic (exact) mass is 299 g/mol. The molecule has 7 nitrogen and oxygen atoms in total. The zero-order chi connectivity index (χ0) is 14.7. The lowest BCUT2D eigenvalue weighted by Gasteiger charge is -2.21. The fourth-order valence-electron chi connectivity index (χ4n) is 1.89. The molecule has 0 saturated heterocycles. The predicted octanol–water partition coefficient (Wildman–Crippen LogP) is 2.18. The number of hydrogen-bond donors (Lipinski definition) is 0. The number of carbonyl (C=O) groups excluding carboxylic acids is 1. The quantitative estimate of drug-likeness (QED) is 0.454. The number of aromatic nitrogens is 1. The van der Waals surface area contributed by atoms with E-state index >= 15 is 0 Å². The maximum Gasteiger partial charge on any atom is 0.325 e. The lowest BCUT2D eigenvalue weighted by atomic mass is 10.3. The minimum absolute atomic E-state index is 0.0476. The standard InChI is InChI=1S/C12H14ClN3O4/c1-2-20-11(17)7-15(9-3-4-9)12-10(16(18)19)5-8(13)6-14-12/h5-6,9H,2-4,7H2,1H3. The van der Waals surface area contributed by atoms with Crippen LogP contribution in [0.2, 0.25) is 5.02 Å². The normalized spacial score (nSPS) is 13.9. The number of anilines is 1. The van der Waals surface area contributed by atoms with Gasteiger partial charge in [0.15, 0.2) is 0 Å². The fourth-order valence-corrected chi connectivity index (χ4v) is 2.04. The van der Waals surface area contributed by atoms with Gasteiger partial charge in [0.2, 0.25) is 5.82 Å². The summed E-state index contributed by atoms with van der Waals surface area (Å²) < 4.78 is 4.89. The third-order valence-corrected chi connectivity index (χ3v) is 3.08. The van der Waals surface area contributed by atoms with E-state index in [0.29, 0.717) is 0 Å². The van der Waals surface area contributed by atoms with Crippen molar-refractivity contribution < 1.29 is 14.5 Å². The highest BCUT2D eigenvalue weighted by molar-refractivity contribution is 6.30. The Bertz CT molecular complexity index is 533. The van der Waals surface area contributed by atoms with Crippen LogP contribution in [-0.2, 0) is 9.53 Å². The molecule has 0 radical (unpaired) electrons. The van der Waals surface area contributed by atoms with Crippen LogP contribution < -0.4 is 4.90 Å². The Morgan fingerprint density at radius 1 is 1.65 bits per heavy atom. The van der Waals surface area contributed by atoms with Gasteiger partial charge in [-0.15, -0.1) is 0 Å². The highest BCUT2D eigenvalue weighted by atomic mass is 35.5. The van der Waals surface area contributed by atoms with Crippen molar-refractivity contribution in [2.45, 2.75) is 25.8 Å². The van der Waals surface area contributed by atoms with Gasteiger partial charge in [0, 0.05) is 18.3 Å². The molecule has 0 aliphatic heterocycles. The van der Waals surface area contributed by atoms with E-state index in [-0.39, 0.29) is 35.7 Å². The van der Waals surface area contributed by atoms with Gasteiger partial charge in [0.05, 0.1) is 16.6 Å². The fraction of sp³-hybridized carbons (Fsp3) is 0.500. The molecule has 0 unspecified atom stereocenters. The Hall–Kier alpha value is -1.89. The van der Waals surface area contributed by atoms with E-state index in [1.807, 2.05) is 0 Å². The van der Waals surface area contributed by atoms with Gasteiger partial charge in [-0.1, -0.05) is 11.6 Å². The maximum absolute atomic E-state index is 11.6. The molecule has 0 spiro atoms. The van der Waals surface area contributed by atoms with Gasteiger partial charge in [-0.05, 0) is 19.8 Å². The molecule has 1 fully saturated rings. The second-order valence-corrected chi connectivity index (χ2v) is 4.85. The van der Waals surface area contributed by atoms with Crippen LogP contribution in [0, 0.1) is 10.1 Å². The van der Waals surface area contributed by atoms with Crippen LogP contribution in [0.15, 0.2) is 12.3 Å². The van der Waals surface area contributed by atoms with Crippen LogP contribution in [-0.4, -0.2) is 35.1 Å². The predicted molar refractivity (Wildman–Crippen MR) is 72.9 cm³/mol. The molecule has 1 aromatic heterocycles. The minimum Gasteiger partial charge on any atom is -0.465 e. The van der Waals surface area contributed by atoms with Gasteiger partial charge >= 0.3 is 11.7 Å². The topological polar surface area (TPSA) is 85.6 Å². The number of esters is 1. The molecule has 20 heavy (non-hydrogen) atoms. The molecule has 0 N–H and O–H groups in total. The number of nitrogens with zero attached hydrogens (tertiary/aromatic N) is 3. The third-order valence-electron chi connectivity index (χ3n) is 2.88. The van der Waals surface area contributed by atoms with E-state index in [4.69, 9.17) is 16.3 Å². The van der Waals surface area contributed by atoms with Gasteiger partial charge in [0.25, 0.3) is 0 Å². The van der Waals surface area contributed by atoms with Crippen molar-refractivity contribution in [1.82, 2.24) is 4.98 Å². The second kappa shape index (κ2) is 6.04. The Morgan fingerprint density at radius 3 is 2.90 bits per heavy atom. The number of halogens is 1. The number of carbonyl (C=O) groups is 1. The van der Waals surface area contributed by atoms with E-state index in [1.165, 1.54) is 12.3 Å². The van der Waals surface area contributed by atoms with Crippen LogP contribution in [0.4, 0.5) is 11.5 Å². The number of nitro groups is 1. The average Bonchev–Trinajstić information content (AvgIpc) is 3.20. The molecule has 2 rings (SSSR count). The Balaban J connectivity index is 2.29. The Kier molecular flexibility index (Phi) is 4.39. The zero-order valence-electron chi connectivity index (χ0n) is 10.9. The molecule has 1 heterocycles. The van der Waals surface area contributed by atoms with Gasteiger partial charge in [-0.3, -0.25) is 14.9 Å². The van der Waals surface area contributed by atoms with Gasteiger partial charge < -0.3 is 9.64 Å². The van der Waals surface area contributed by atoms with E-state index in [2.05, 4.69) is 4.98 Å². The van der Waals surface area contributed by atoms with Crippen molar-refractivity contribution in [2.24, 2.45) is 0 Å². The molecular formula is C12H14ClN3O4. The lowest BCUT2D eigenvalue weighted by Crippen LogP contribution is -2.34. The lowest BCUT2D eigenvalue weighted by molar-refractivity contribution is -0.384. The molecule has 1 aliphatic carbocycles. The van der Waals surface area contributed by atoms with Crippen molar-refractivity contribution in [2.75, 3.05) is 18.1 Å². The summed E-state index contributed by atoms with van der Waals surface area (Å²) >= 11 is 5.74. The smallest absolute Gasteiger partial charge is 0.325 e. The van der Waals surface area contributed by atoms with Gasteiger partial charge in [-0.25, -0.2) is 4.98 Å². The first-order chi connectivity index (χ1) is 9.52. The second-order valence-electron chi connectivity index (χ2n) is 4.42. The molecule has 1 aliphatic rings. The van der Waals surface area contributed by atoms with Crippen molar-refractivity contribution in [3.63, 3.8) is 0 Å². The van der Waals surface area contributed by atoms with Gasteiger partial charge in [-0.2, -0.15) is 0 Å². The third kappa shape index (κ3) is 3.36. The van der Waals surface area contributed by atoms with Crippen molar-refractivity contribution in [3.05, 3.63) is 27.4 Å². The summed E-state index contributed by atoms with van der Waals surface area (Å²) in [6.45, 7) is 1.93. The molecule has 0 aromatic carbocycles. The summed E-state index contributed by atoms with van der Waals surface area (Å²) in [5, 5.41) is 11.3. The van der Waals surface area contributed by atoms with Crippen molar-refractivity contribution in [1.29, 1.82) is 0 Å². The van der Waals surface area contributed by atoms with Crippen LogP contribution in [0.5, 0.6) is 0 Å². The van der Waals surface area contributed by atoms with Crippen LogP contribution in [0.25, 0.3) is 0 Å². The zero-order valence-corrected chi connectivity index (χ0v) is 11.7. The van der Waals surface area contributed by atoms with Crippen molar-refractivity contribution >= 4 is 29.1 Å². The van der Waals surface area contributed by atoms with E-state index in [0.717, 1.165) is 12.8 Å². The summed E-state index contributed by atoms with van der Waals surface area (Å²) in [6.07, 6.45) is 3.09. The van der Waals surface area contributed by atoms with E-state index < -0.39 is 10.9 Å². The van der Waals surface area contributed by atoms with E-state index in [9.17, 15) is 14.9 Å². The number of hydrogen-bond acceptors (Lipinski definition) is 6. The molecule has 1 saturated carbocycles. The largest absolute Gasteiger partial charge is 0.465 e. The first kappa shape index (κ1) is 14.5. The van der Waals surface area contributed by atoms with E-state index in [1.54, 1.807) is 11.8 Å². The molecular weight excluding hydrogens is 286 g/mol. The minimum atomic E-state index is -0.547. The average molecular weight is 300 g/mol. The summed E-state index contributed by atoms with van der Waals surface area (Å²) in [5.74, 6) is -0.264. The van der Waals surface area contributed by atoms with Crippen LogP contribution in [0.3, 0.4) is 0 Å². The molecule has 8 heteroatoms. The summed E-state index contributed by atoms with van der Waals surface area (Å²) in [4.78, 5) is 27.8. The first-order valence-electron chi connectivity index (χ1n) is 6.25. The summed E-state index contributed by atoms with van der Waals surface area (Å²) in [6, 6.07) is 1.33. The number of rotatable bonds is 6. The Morgan fingerprint density at radius 2 is 2.35 bits per heavy atom. The molecule has 0 amide bonds. The first-order valence-corrected chi connectivity index (χ1v) is 6.63. The van der Waals surface area contributed by atoms with Crippen molar-refractivity contribution in [3.8, 4) is 0 Å². The molecule has 0 bridgehead atoms. The van der Waals surface area contributed by atoms with Crippen LogP contribution >= 0.6 is 11.6 Å². The summed E-state index contributed by atoms with van der Waals surface area (Å²) in [7, 11) is 0. The number of pyridine rings is 1. The van der Waals surface area contributed by atoms with Crippen LogP contribution in [0.1, 0.15) is 19.8 Å². The molecule has 0 atom stereocenters. The van der Waals surface area contributed by atoms with Gasteiger partial charge in [0.1, 0.15) is 6.54 Å². The SMILES string of the molecule is CCOC(=O)CN(c1ncc(Cl)cc1[N+](=O)[O-])C1CC1.